The molecule has 1 aliphatic rings. The Bertz CT molecular complexity index is 798. The summed E-state index contributed by atoms with van der Waals surface area (Å²) in [5, 5.41) is 7.50. The summed E-state index contributed by atoms with van der Waals surface area (Å²) in [5.74, 6) is 0.115. The maximum absolute atomic E-state index is 12.7. The lowest BCUT2D eigenvalue weighted by molar-refractivity contribution is -0.129. The second kappa shape index (κ2) is 7.72. The summed E-state index contributed by atoms with van der Waals surface area (Å²) in [7, 11) is 1.88. The molecule has 0 spiro atoms. The SMILES string of the molecule is Cc1nn(C)c(C)c1CC(=O)N[C@H](CN1CCCC1=O)c1ccccc1. The third-order valence-electron chi connectivity index (χ3n) is 5.11. The van der Waals surface area contributed by atoms with E-state index in [0.717, 1.165) is 35.5 Å². The highest BCUT2D eigenvalue weighted by Gasteiger charge is 2.25. The van der Waals surface area contributed by atoms with Gasteiger partial charge in [-0.25, -0.2) is 0 Å². The molecular formula is C20H26N4O2. The molecule has 1 N–H and O–H groups in total. The molecule has 1 saturated heterocycles. The number of aryl methyl sites for hydroxylation is 2. The number of aromatic nitrogens is 2. The molecule has 2 heterocycles. The number of hydrogen-bond donors (Lipinski definition) is 1. The van der Waals surface area contributed by atoms with E-state index in [9.17, 15) is 9.59 Å². The Balaban J connectivity index is 1.74. The van der Waals surface area contributed by atoms with Crippen LogP contribution in [-0.4, -0.2) is 39.6 Å². The van der Waals surface area contributed by atoms with E-state index in [4.69, 9.17) is 0 Å². The van der Waals surface area contributed by atoms with Gasteiger partial charge in [0.25, 0.3) is 0 Å². The van der Waals surface area contributed by atoms with E-state index in [0.29, 0.717) is 19.4 Å². The van der Waals surface area contributed by atoms with Gasteiger partial charge in [-0.3, -0.25) is 14.3 Å². The Morgan fingerprint density at radius 2 is 2.00 bits per heavy atom. The van der Waals surface area contributed by atoms with Crippen LogP contribution in [0.2, 0.25) is 0 Å². The van der Waals surface area contributed by atoms with Gasteiger partial charge >= 0.3 is 0 Å². The summed E-state index contributed by atoms with van der Waals surface area (Å²) in [4.78, 5) is 26.6. The van der Waals surface area contributed by atoms with Gasteiger partial charge in [0, 0.05) is 37.8 Å². The maximum atomic E-state index is 12.7. The van der Waals surface area contributed by atoms with Crippen molar-refractivity contribution in [2.24, 2.45) is 7.05 Å². The van der Waals surface area contributed by atoms with Gasteiger partial charge in [0.15, 0.2) is 0 Å². The van der Waals surface area contributed by atoms with Gasteiger partial charge in [0.1, 0.15) is 0 Å². The van der Waals surface area contributed by atoms with Crippen molar-refractivity contribution in [1.82, 2.24) is 20.0 Å². The predicted octanol–water partition coefficient (Wildman–Crippen LogP) is 2.06. The predicted molar refractivity (Wildman–Crippen MR) is 99.5 cm³/mol. The maximum Gasteiger partial charge on any atom is 0.225 e. The van der Waals surface area contributed by atoms with Crippen LogP contribution in [0.3, 0.4) is 0 Å². The molecule has 6 heteroatoms. The normalized spacial score (nSPS) is 15.3. The number of carbonyl (C=O) groups is 2. The average molecular weight is 354 g/mol. The minimum atomic E-state index is -0.206. The molecule has 1 fully saturated rings. The largest absolute Gasteiger partial charge is 0.347 e. The first-order valence-electron chi connectivity index (χ1n) is 9.07. The summed E-state index contributed by atoms with van der Waals surface area (Å²) in [6.07, 6.45) is 1.79. The van der Waals surface area contributed by atoms with Crippen molar-refractivity contribution < 1.29 is 9.59 Å². The van der Waals surface area contributed by atoms with Crippen molar-refractivity contribution in [2.75, 3.05) is 13.1 Å². The van der Waals surface area contributed by atoms with Crippen molar-refractivity contribution in [2.45, 2.75) is 39.2 Å². The number of benzene rings is 1. The minimum absolute atomic E-state index is 0.0512. The van der Waals surface area contributed by atoms with E-state index in [2.05, 4.69) is 10.4 Å². The molecule has 1 atom stereocenters. The summed E-state index contributed by atoms with van der Waals surface area (Å²) in [6.45, 7) is 5.17. The molecule has 3 rings (SSSR count). The second-order valence-electron chi connectivity index (χ2n) is 6.92. The standard InChI is InChI=1S/C20H26N4O2/c1-14-17(15(2)23(3)22-14)12-19(25)21-18(16-8-5-4-6-9-16)13-24-11-7-10-20(24)26/h4-6,8-9,18H,7,10-13H2,1-3H3,(H,21,25)/t18-/m1/s1. The van der Waals surface area contributed by atoms with Gasteiger partial charge in [-0.05, 0) is 25.8 Å². The second-order valence-corrected chi connectivity index (χ2v) is 6.92. The van der Waals surface area contributed by atoms with E-state index >= 15 is 0 Å². The zero-order chi connectivity index (χ0) is 18.7. The first-order valence-corrected chi connectivity index (χ1v) is 9.07. The fraction of sp³-hybridized carbons (Fsp3) is 0.450. The topological polar surface area (TPSA) is 67.2 Å². The molecule has 2 aromatic rings. The van der Waals surface area contributed by atoms with Crippen LogP contribution >= 0.6 is 0 Å². The number of rotatable bonds is 6. The van der Waals surface area contributed by atoms with E-state index < -0.39 is 0 Å². The molecule has 0 unspecified atom stereocenters. The number of nitrogens with one attached hydrogen (secondary N) is 1. The van der Waals surface area contributed by atoms with Crippen molar-refractivity contribution in [3.05, 3.63) is 52.8 Å². The van der Waals surface area contributed by atoms with Crippen LogP contribution in [-0.2, 0) is 23.1 Å². The molecule has 26 heavy (non-hydrogen) atoms. The Kier molecular flexibility index (Phi) is 5.40. The van der Waals surface area contributed by atoms with E-state index in [1.165, 1.54) is 0 Å². The van der Waals surface area contributed by atoms with Crippen molar-refractivity contribution >= 4 is 11.8 Å². The highest BCUT2D eigenvalue weighted by molar-refractivity contribution is 5.80. The molecular weight excluding hydrogens is 328 g/mol. The van der Waals surface area contributed by atoms with Crippen LogP contribution in [0, 0.1) is 13.8 Å². The molecule has 1 aromatic carbocycles. The van der Waals surface area contributed by atoms with Gasteiger partial charge in [-0.2, -0.15) is 5.10 Å². The van der Waals surface area contributed by atoms with Gasteiger partial charge in [-0.15, -0.1) is 0 Å². The number of nitrogens with zero attached hydrogens (tertiary/aromatic N) is 3. The van der Waals surface area contributed by atoms with E-state index in [-0.39, 0.29) is 17.9 Å². The summed E-state index contributed by atoms with van der Waals surface area (Å²) < 4.78 is 1.80. The van der Waals surface area contributed by atoms with Crippen molar-refractivity contribution in [3.8, 4) is 0 Å². The van der Waals surface area contributed by atoms with Crippen LogP contribution in [0.15, 0.2) is 30.3 Å². The number of hydrogen-bond acceptors (Lipinski definition) is 3. The van der Waals surface area contributed by atoms with E-state index in [1.54, 1.807) is 4.68 Å². The summed E-state index contributed by atoms with van der Waals surface area (Å²) >= 11 is 0. The Labute approximate surface area is 154 Å². The molecule has 1 aromatic heterocycles. The third-order valence-corrected chi connectivity index (χ3v) is 5.11. The molecule has 0 aliphatic carbocycles. The van der Waals surface area contributed by atoms with Crippen LogP contribution in [0.4, 0.5) is 0 Å². The molecule has 138 valence electrons. The van der Waals surface area contributed by atoms with Gasteiger partial charge < -0.3 is 10.2 Å². The first kappa shape index (κ1) is 18.2. The van der Waals surface area contributed by atoms with Crippen LogP contribution in [0.25, 0.3) is 0 Å². The van der Waals surface area contributed by atoms with Crippen molar-refractivity contribution in [1.29, 1.82) is 0 Å². The number of amides is 2. The monoisotopic (exact) mass is 354 g/mol. The highest BCUT2D eigenvalue weighted by atomic mass is 16.2. The summed E-state index contributed by atoms with van der Waals surface area (Å²) in [6, 6.07) is 9.64. The van der Waals surface area contributed by atoms with Crippen LogP contribution < -0.4 is 5.32 Å². The van der Waals surface area contributed by atoms with E-state index in [1.807, 2.05) is 56.1 Å². The lowest BCUT2D eigenvalue weighted by atomic mass is 10.0. The number of likely N-dealkylation sites (tertiary alicyclic amines) is 1. The Hall–Kier alpha value is -2.63. The highest BCUT2D eigenvalue weighted by Crippen LogP contribution is 2.19. The fourth-order valence-electron chi connectivity index (χ4n) is 3.52. The molecule has 0 saturated carbocycles. The lowest BCUT2D eigenvalue weighted by Gasteiger charge is -2.25. The molecule has 1 aliphatic heterocycles. The third kappa shape index (κ3) is 3.95. The van der Waals surface area contributed by atoms with Gasteiger partial charge in [0.2, 0.25) is 11.8 Å². The first-order chi connectivity index (χ1) is 12.5. The molecule has 0 radical (unpaired) electrons. The Morgan fingerprint density at radius 1 is 1.27 bits per heavy atom. The van der Waals surface area contributed by atoms with Gasteiger partial charge in [0.05, 0.1) is 18.2 Å². The molecule has 0 bridgehead atoms. The smallest absolute Gasteiger partial charge is 0.225 e. The number of carbonyl (C=O) groups excluding carboxylic acids is 2. The van der Waals surface area contributed by atoms with Crippen molar-refractivity contribution in [3.63, 3.8) is 0 Å². The lowest BCUT2D eigenvalue weighted by Crippen LogP contribution is -2.39. The van der Waals surface area contributed by atoms with Crippen LogP contribution in [0.1, 0.15) is 41.4 Å². The van der Waals surface area contributed by atoms with Crippen LogP contribution in [0.5, 0.6) is 0 Å². The molecule has 6 nitrogen and oxygen atoms in total. The van der Waals surface area contributed by atoms with Gasteiger partial charge in [-0.1, -0.05) is 30.3 Å². The average Bonchev–Trinajstić information content (AvgIpc) is 3.13. The molecule has 2 amide bonds. The summed E-state index contributed by atoms with van der Waals surface area (Å²) in [5.41, 5.74) is 3.86. The fourth-order valence-corrected chi connectivity index (χ4v) is 3.52. The minimum Gasteiger partial charge on any atom is -0.347 e. The zero-order valence-electron chi connectivity index (χ0n) is 15.7. The Morgan fingerprint density at radius 3 is 2.58 bits per heavy atom. The zero-order valence-corrected chi connectivity index (χ0v) is 15.7. The quantitative estimate of drug-likeness (QED) is 0.863.